The van der Waals surface area contributed by atoms with Gasteiger partial charge in [-0.2, -0.15) is 0 Å². The Labute approximate surface area is 171 Å². The fourth-order valence-electron chi connectivity index (χ4n) is 3.13. The van der Waals surface area contributed by atoms with Crippen LogP contribution in [-0.4, -0.2) is 41.7 Å². The summed E-state index contributed by atoms with van der Waals surface area (Å²) in [6, 6.07) is 11.6. The molecule has 2 aromatic rings. The van der Waals surface area contributed by atoms with Crippen molar-refractivity contribution >= 4 is 11.9 Å². The third-order valence-electron chi connectivity index (χ3n) is 4.66. The first-order valence-corrected chi connectivity index (χ1v) is 9.68. The first-order valence-electron chi connectivity index (χ1n) is 9.68. The second kappa shape index (κ2) is 11.0. The Balaban J connectivity index is 1.81. The van der Waals surface area contributed by atoms with Gasteiger partial charge in [0.25, 0.3) is 5.91 Å². The van der Waals surface area contributed by atoms with Crippen LogP contribution in [0.1, 0.15) is 42.7 Å². The van der Waals surface area contributed by atoms with Crippen LogP contribution in [0.4, 0.5) is 0 Å². The molecule has 156 valence electrons. The highest BCUT2D eigenvalue weighted by Gasteiger charge is 2.19. The van der Waals surface area contributed by atoms with E-state index in [1.165, 1.54) is 24.9 Å². The molecule has 7 heteroatoms. The Bertz CT molecular complexity index is 810. The highest BCUT2D eigenvalue weighted by Crippen LogP contribution is 2.27. The average molecular weight is 400 g/mol. The Morgan fingerprint density at radius 1 is 1.21 bits per heavy atom. The molecule has 0 aliphatic rings. The zero-order chi connectivity index (χ0) is 21.2. The molecule has 1 aromatic heterocycles. The topological polar surface area (TPSA) is 97.8 Å². The van der Waals surface area contributed by atoms with Crippen molar-refractivity contribution in [1.82, 2.24) is 10.3 Å². The lowest BCUT2D eigenvalue weighted by atomic mass is 9.92. The molecule has 0 radical (unpaired) electrons. The quantitative estimate of drug-likeness (QED) is 0.595. The van der Waals surface area contributed by atoms with Crippen molar-refractivity contribution in [3.8, 4) is 11.5 Å². The maximum Gasteiger partial charge on any atom is 0.325 e. The lowest BCUT2D eigenvalue weighted by Gasteiger charge is -2.20. The lowest BCUT2D eigenvalue weighted by molar-refractivity contribution is -0.147. The number of hydrogen-bond acceptors (Lipinski definition) is 6. The molecule has 0 saturated heterocycles. The minimum absolute atomic E-state index is 0.130. The van der Waals surface area contributed by atoms with Gasteiger partial charge >= 0.3 is 5.97 Å². The molecule has 1 amide bonds. The van der Waals surface area contributed by atoms with Crippen molar-refractivity contribution in [3.05, 3.63) is 53.9 Å². The summed E-state index contributed by atoms with van der Waals surface area (Å²) in [5.41, 5.74) is 1.05. The van der Waals surface area contributed by atoms with Crippen LogP contribution < -0.4 is 10.1 Å². The molecule has 0 spiro atoms. The van der Waals surface area contributed by atoms with Gasteiger partial charge in [-0.3, -0.25) is 9.59 Å². The summed E-state index contributed by atoms with van der Waals surface area (Å²) < 4.78 is 10.4. The number of rotatable bonds is 10. The normalized spacial score (nSPS) is 12.7. The average Bonchev–Trinajstić information content (AvgIpc) is 2.72. The zero-order valence-electron chi connectivity index (χ0n) is 17.1. The van der Waals surface area contributed by atoms with Gasteiger partial charge in [0.1, 0.15) is 6.54 Å². The van der Waals surface area contributed by atoms with Crippen molar-refractivity contribution < 1.29 is 24.2 Å². The van der Waals surface area contributed by atoms with Crippen molar-refractivity contribution in [2.75, 3.05) is 13.7 Å². The molecule has 29 heavy (non-hydrogen) atoms. The van der Waals surface area contributed by atoms with Gasteiger partial charge in [0.05, 0.1) is 13.2 Å². The Morgan fingerprint density at radius 2 is 1.93 bits per heavy atom. The van der Waals surface area contributed by atoms with Gasteiger partial charge < -0.3 is 19.9 Å². The zero-order valence-corrected chi connectivity index (χ0v) is 17.1. The number of nitrogens with one attached hydrogen (secondary N) is 1. The summed E-state index contributed by atoms with van der Waals surface area (Å²) in [6.07, 6.45) is 3.72. The molecule has 2 N–H and O–H groups in total. The standard InChI is InChI=1S/C22H28N2O5/c1-4-16(13-17-8-6-5-7-9-17)12-15(2)29-19(25)14-24-22(27)20-21(26)18(28-3)10-11-23-20/h5-11,15-16,26H,4,12-14H2,1-3H3,(H,24,27)/t15?,16-/m0/s1. The monoisotopic (exact) mass is 400 g/mol. The number of aromatic nitrogens is 1. The largest absolute Gasteiger partial charge is 0.503 e. The van der Waals surface area contributed by atoms with E-state index in [2.05, 4.69) is 29.4 Å². The summed E-state index contributed by atoms with van der Waals surface area (Å²) >= 11 is 0. The molecule has 1 unspecified atom stereocenters. The first kappa shape index (κ1) is 22.2. The maximum absolute atomic E-state index is 12.2. The van der Waals surface area contributed by atoms with Crippen LogP contribution in [0.25, 0.3) is 0 Å². The van der Waals surface area contributed by atoms with E-state index in [1.807, 2.05) is 25.1 Å². The molecule has 0 aliphatic carbocycles. The Hall–Kier alpha value is -3.09. The van der Waals surface area contributed by atoms with Gasteiger partial charge in [0, 0.05) is 12.3 Å². The molecule has 2 rings (SSSR count). The van der Waals surface area contributed by atoms with E-state index in [-0.39, 0.29) is 29.8 Å². The van der Waals surface area contributed by atoms with Gasteiger partial charge in [-0.1, -0.05) is 43.7 Å². The van der Waals surface area contributed by atoms with Crippen molar-refractivity contribution in [2.24, 2.45) is 5.92 Å². The number of amides is 1. The molecule has 1 aromatic carbocycles. The predicted molar refractivity (Wildman–Crippen MR) is 109 cm³/mol. The molecule has 0 bridgehead atoms. The summed E-state index contributed by atoms with van der Waals surface area (Å²) in [5, 5.41) is 12.4. The van der Waals surface area contributed by atoms with Crippen LogP contribution in [0.15, 0.2) is 42.6 Å². The third kappa shape index (κ3) is 6.78. The second-order valence-corrected chi connectivity index (χ2v) is 6.89. The van der Waals surface area contributed by atoms with E-state index in [1.54, 1.807) is 0 Å². The Kier molecular flexibility index (Phi) is 8.45. The van der Waals surface area contributed by atoms with E-state index in [0.29, 0.717) is 5.92 Å². The number of carbonyl (C=O) groups excluding carboxylic acids is 2. The molecule has 0 saturated carbocycles. The summed E-state index contributed by atoms with van der Waals surface area (Å²) in [4.78, 5) is 28.1. The smallest absolute Gasteiger partial charge is 0.325 e. The van der Waals surface area contributed by atoms with E-state index >= 15 is 0 Å². The number of aromatic hydroxyl groups is 1. The summed E-state index contributed by atoms with van der Waals surface area (Å²) in [6.45, 7) is 3.66. The molecule has 0 aliphatic heterocycles. The first-order chi connectivity index (χ1) is 13.9. The number of nitrogens with zero attached hydrogens (tertiary/aromatic N) is 1. The van der Waals surface area contributed by atoms with Crippen LogP contribution >= 0.6 is 0 Å². The van der Waals surface area contributed by atoms with E-state index in [0.717, 1.165) is 19.3 Å². The molecule has 7 nitrogen and oxygen atoms in total. The number of hydrogen-bond donors (Lipinski definition) is 2. The van der Waals surface area contributed by atoms with E-state index in [4.69, 9.17) is 9.47 Å². The van der Waals surface area contributed by atoms with Crippen molar-refractivity contribution in [3.63, 3.8) is 0 Å². The second-order valence-electron chi connectivity index (χ2n) is 6.89. The van der Waals surface area contributed by atoms with Crippen LogP contribution in [0.2, 0.25) is 0 Å². The van der Waals surface area contributed by atoms with Gasteiger partial charge in [0.15, 0.2) is 17.2 Å². The van der Waals surface area contributed by atoms with Crippen LogP contribution in [0.5, 0.6) is 11.5 Å². The lowest BCUT2D eigenvalue weighted by Crippen LogP contribution is -2.33. The van der Waals surface area contributed by atoms with E-state index < -0.39 is 11.9 Å². The van der Waals surface area contributed by atoms with Crippen molar-refractivity contribution in [2.45, 2.75) is 39.2 Å². The fourth-order valence-corrected chi connectivity index (χ4v) is 3.13. The number of methoxy groups -OCH3 is 1. The third-order valence-corrected chi connectivity index (χ3v) is 4.66. The number of benzene rings is 1. The summed E-state index contributed by atoms with van der Waals surface area (Å²) in [7, 11) is 1.37. The minimum atomic E-state index is -0.679. The van der Waals surface area contributed by atoms with Crippen LogP contribution in [0.3, 0.4) is 0 Å². The van der Waals surface area contributed by atoms with Gasteiger partial charge in [-0.15, -0.1) is 0 Å². The van der Waals surface area contributed by atoms with Gasteiger partial charge in [-0.05, 0) is 31.2 Å². The fraction of sp³-hybridized carbons (Fsp3) is 0.409. The molecular weight excluding hydrogens is 372 g/mol. The van der Waals surface area contributed by atoms with Crippen molar-refractivity contribution in [1.29, 1.82) is 0 Å². The highest BCUT2D eigenvalue weighted by atomic mass is 16.5. The SMILES string of the molecule is CC[C@H](Cc1ccccc1)CC(C)OC(=O)CNC(=O)c1nccc(OC)c1O. The number of ether oxygens (including phenoxy) is 2. The van der Waals surface area contributed by atoms with Crippen LogP contribution in [0, 0.1) is 5.92 Å². The number of pyridine rings is 1. The molecule has 2 atom stereocenters. The maximum atomic E-state index is 12.2. The molecule has 0 fully saturated rings. The van der Waals surface area contributed by atoms with Gasteiger partial charge in [-0.25, -0.2) is 4.98 Å². The van der Waals surface area contributed by atoms with Gasteiger partial charge in [0.2, 0.25) is 0 Å². The summed E-state index contributed by atoms with van der Waals surface area (Å²) in [5.74, 6) is -1.07. The number of esters is 1. The van der Waals surface area contributed by atoms with Crippen LogP contribution in [-0.2, 0) is 16.0 Å². The predicted octanol–water partition coefficient (Wildman–Crippen LogP) is 3.12. The van der Waals surface area contributed by atoms with E-state index in [9.17, 15) is 14.7 Å². The minimum Gasteiger partial charge on any atom is -0.503 e. The Morgan fingerprint density at radius 3 is 2.59 bits per heavy atom. The molecular formula is C22H28N2O5. The molecule has 1 heterocycles. The number of carbonyl (C=O) groups is 2. The highest BCUT2D eigenvalue weighted by molar-refractivity contribution is 5.97.